The molecular formula is C10H20NO2S+. The Morgan fingerprint density at radius 2 is 2.14 bits per heavy atom. The van der Waals surface area contributed by atoms with Crippen molar-refractivity contribution in [1.29, 1.82) is 0 Å². The van der Waals surface area contributed by atoms with Crippen LogP contribution in [0, 0.1) is 0 Å². The summed E-state index contributed by atoms with van der Waals surface area (Å²) in [6.07, 6.45) is 2.26. The molecule has 0 fully saturated rings. The molecule has 0 saturated carbocycles. The zero-order chi connectivity index (χ0) is 11.0. The number of esters is 1. The Morgan fingerprint density at radius 1 is 1.50 bits per heavy atom. The van der Waals surface area contributed by atoms with Crippen molar-refractivity contribution < 1.29 is 14.0 Å². The van der Waals surface area contributed by atoms with Crippen LogP contribution in [0.1, 0.15) is 6.42 Å². The summed E-state index contributed by atoms with van der Waals surface area (Å²) in [6, 6.07) is 0. The third-order valence-corrected chi connectivity index (χ3v) is 2.35. The number of ether oxygens (including phenoxy) is 1. The molecular weight excluding hydrogens is 198 g/mol. The molecule has 4 heteroatoms. The molecule has 0 aromatic heterocycles. The second kappa shape index (κ2) is 6.90. The van der Waals surface area contributed by atoms with E-state index in [1.165, 1.54) is 6.08 Å². The summed E-state index contributed by atoms with van der Waals surface area (Å²) in [5.74, 6) is 0.549. The standard InChI is InChI=1S/C10H19NO2S/c1-4-10(12)13-8-7-11(2,3)6-5-9-14/h4H,1,5-9H2,2-3H3/p+1. The zero-order valence-corrected chi connectivity index (χ0v) is 9.93. The van der Waals surface area contributed by atoms with Crippen molar-refractivity contribution in [3.05, 3.63) is 12.7 Å². The number of hydrogen-bond donors (Lipinski definition) is 1. The highest BCUT2D eigenvalue weighted by Crippen LogP contribution is 2.00. The highest BCUT2D eigenvalue weighted by atomic mass is 32.1. The van der Waals surface area contributed by atoms with Gasteiger partial charge in [-0.1, -0.05) is 6.58 Å². The predicted molar refractivity (Wildman–Crippen MR) is 61.5 cm³/mol. The van der Waals surface area contributed by atoms with Crippen LogP contribution in [0.4, 0.5) is 0 Å². The van der Waals surface area contributed by atoms with Gasteiger partial charge in [0.1, 0.15) is 13.2 Å². The quantitative estimate of drug-likeness (QED) is 0.300. The largest absolute Gasteiger partial charge is 0.457 e. The Bertz CT molecular complexity index is 193. The second-order valence-corrected chi connectivity index (χ2v) is 4.28. The van der Waals surface area contributed by atoms with Gasteiger partial charge in [0.2, 0.25) is 0 Å². The Morgan fingerprint density at radius 3 is 2.64 bits per heavy atom. The molecule has 14 heavy (non-hydrogen) atoms. The fourth-order valence-electron chi connectivity index (χ4n) is 1.06. The minimum absolute atomic E-state index is 0.348. The molecule has 0 aliphatic heterocycles. The number of hydrogen-bond acceptors (Lipinski definition) is 3. The number of carbonyl (C=O) groups is 1. The van der Waals surface area contributed by atoms with Crippen LogP contribution in [0.5, 0.6) is 0 Å². The van der Waals surface area contributed by atoms with Crippen molar-refractivity contribution >= 4 is 18.6 Å². The van der Waals surface area contributed by atoms with Crippen molar-refractivity contribution in [2.45, 2.75) is 6.42 Å². The first-order valence-corrected chi connectivity index (χ1v) is 5.37. The molecule has 0 aliphatic carbocycles. The van der Waals surface area contributed by atoms with E-state index in [2.05, 4.69) is 33.3 Å². The second-order valence-electron chi connectivity index (χ2n) is 3.83. The maximum absolute atomic E-state index is 10.8. The Labute approximate surface area is 91.7 Å². The van der Waals surface area contributed by atoms with Crippen LogP contribution < -0.4 is 0 Å². The van der Waals surface area contributed by atoms with Crippen LogP contribution >= 0.6 is 12.6 Å². The predicted octanol–water partition coefficient (Wildman–Crippen LogP) is 1.11. The molecule has 0 atom stereocenters. The number of carbonyl (C=O) groups excluding carboxylic acids is 1. The van der Waals surface area contributed by atoms with Gasteiger partial charge < -0.3 is 9.22 Å². The molecule has 0 N–H and O–H groups in total. The molecule has 0 aliphatic rings. The van der Waals surface area contributed by atoms with E-state index in [0.717, 1.165) is 29.7 Å². The van der Waals surface area contributed by atoms with Crippen molar-refractivity contribution in [3.8, 4) is 0 Å². The van der Waals surface area contributed by atoms with Gasteiger partial charge >= 0.3 is 5.97 Å². The van der Waals surface area contributed by atoms with Crippen molar-refractivity contribution in [2.75, 3.05) is 39.5 Å². The summed E-state index contributed by atoms with van der Waals surface area (Å²) in [4.78, 5) is 10.8. The third-order valence-electron chi connectivity index (χ3n) is 2.03. The molecule has 3 nitrogen and oxygen atoms in total. The molecule has 0 rings (SSSR count). The molecule has 0 spiro atoms. The van der Waals surface area contributed by atoms with Crippen LogP contribution in [0.2, 0.25) is 0 Å². The van der Waals surface area contributed by atoms with Gasteiger partial charge in [-0.2, -0.15) is 12.6 Å². The van der Waals surface area contributed by atoms with Crippen molar-refractivity contribution in [2.24, 2.45) is 0 Å². The van der Waals surface area contributed by atoms with Crippen molar-refractivity contribution in [3.63, 3.8) is 0 Å². The first-order valence-electron chi connectivity index (χ1n) is 4.74. The van der Waals surface area contributed by atoms with Crippen LogP contribution in [0.25, 0.3) is 0 Å². The lowest BCUT2D eigenvalue weighted by Crippen LogP contribution is -2.43. The topological polar surface area (TPSA) is 26.3 Å². The summed E-state index contributed by atoms with van der Waals surface area (Å²) in [5, 5.41) is 0. The zero-order valence-electron chi connectivity index (χ0n) is 9.03. The van der Waals surface area contributed by atoms with Gasteiger partial charge in [-0.15, -0.1) is 0 Å². The smallest absolute Gasteiger partial charge is 0.330 e. The molecule has 0 aromatic carbocycles. The van der Waals surface area contributed by atoms with Crippen LogP contribution in [-0.2, 0) is 9.53 Å². The van der Waals surface area contributed by atoms with E-state index in [1.807, 2.05) is 0 Å². The summed E-state index contributed by atoms with van der Waals surface area (Å²) in [6.45, 7) is 5.66. The lowest BCUT2D eigenvalue weighted by molar-refractivity contribution is -0.890. The van der Waals surface area contributed by atoms with Crippen LogP contribution in [0.15, 0.2) is 12.7 Å². The van der Waals surface area contributed by atoms with Gasteiger partial charge in [-0.05, 0) is 5.75 Å². The fourth-order valence-corrected chi connectivity index (χ4v) is 1.20. The molecule has 0 bridgehead atoms. The van der Waals surface area contributed by atoms with Gasteiger partial charge in [0.05, 0.1) is 20.6 Å². The molecule has 82 valence electrons. The van der Waals surface area contributed by atoms with E-state index in [9.17, 15) is 4.79 Å². The van der Waals surface area contributed by atoms with Gasteiger partial charge in [0.15, 0.2) is 0 Å². The van der Waals surface area contributed by atoms with E-state index in [4.69, 9.17) is 4.74 Å². The molecule has 0 saturated heterocycles. The van der Waals surface area contributed by atoms with E-state index in [0.29, 0.717) is 6.61 Å². The van der Waals surface area contributed by atoms with Crippen molar-refractivity contribution in [1.82, 2.24) is 0 Å². The van der Waals surface area contributed by atoms with Gasteiger partial charge in [0.25, 0.3) is 0 Å². The lowest BCUT2D eigenvalue weighted by Gasteiger charge is -2.29. The summed E-state index contributed by atoms with van der Waals surface area (Å²) in [5.41, 5.74) is 0. The molecule has 0 aromatic rings. The Hall–Kier alpha value is -0.480. The number of rotatable bonds is 7. The average molecular weight is 218 g/mol. The minimum atomic E-state index is -0.348. The summed E-state index contributed by atoms with van der Waals surface area (Å²) >= 11 is 4.16. The van der Waals surface area contributed by atoms with Gasteiger partial charge in [0, 0.05) is 12.5 Å². The van der Waals surface area contributed by atoms with Gasteiger partial charge in [-0.3, -0.25) is 0 Å². The Balaban J connectivity index is 3.64. The Kier molecular flexibility index (Phi) is 6.66. The molecule has 0 amide bonds. The number of nitrogens with zero attached hydrogens (tertiary/aromatic N) is 1. The average Bonchev–Trinajstić information content (AvgIpc) is 2.14. The lowest BCUT2D eigenvalue weighted by atomic mass is 10.3. The molecule has 0 radical (unpaired) electrons. The third kappa shape index (κ3) is 6.97. The normalized spacial score (nSPS) is 11.1. The number of quaternary nitrogens is 1. The molecule has 0 heterocycles. The van der Waals surface area contributed by atoms with Crippen LogP contribution in [-0.4, -0.2) is 50.0 Å². The monoisotopic (exact) mass is 218 g/mol. The summed E-state index contributed by atoms with van der Waals surface area (Å²) < 4.78 is 5.77. The minimum Gasteiger partial charge on any atom is -0.457 e. The van der Waals surface area contributed by atoms with E-state index >= 15 is 0 Å². The number of thiol groups is 1. The number of likely N-dealkylation sites (N-methyl/N-ethyl adjacent to an activating group) is 1. The molecule has 0 unspecified atom stereocenters. The fraction of sp³-hybridized carbons (Fsp3) is 0.700. The van der Waals surface area contributed by atoms with E-state index in [-0.39, 0.29) is 5.97 Å². The van der Waals surface area contributed by atoms with E-state index in [1.54, 1.807) is 0 Å². The summed E-state index contributed by atoms with van der Waals surface area (Å²) in [7, 11) is 4.23. The maximum atomic E-state index is 10.8. The van der Waals surface area contributed by atoms with Gasteiger partial charge in [-0.25, -0.2) is 4.79 Å². The first-order chi connectivity index (χ1) is 6.52. The highest BCUT2D eigenvalue weighted by molar-refractivity contribution is 7.80. The highest BCUT2D eigenvalue weighted by Gasteiger charge is 2.14. The van der Waals surface area contributed by atoms with Crippen LogP contribution in [0.3, 0.4) is 0 Å². The van der Waals surface area contributed by atoms with E-state index < -0.39 is 0 Å². The maximum Gasteiger partial charge on any atom is 0.330 e. The SMILES string of the molecule is C=CC(=O)OCC[N+](C)(C)CCCS. The first kappa shape index (κ1) is 13.5.